The lowest BCUT2D eigenvalue weighted by Gasteiger charge is -2.46. The number of para-hydroxylation sites is 15. The van der Waals surface area contributed by atoms with Crippen molar-refractivity contribution in [2.45, 2.75) is 30.5 Å². The van der Waals surface area contributed by atoms with E-state index in [4.69, 9.17) is 15.0 Å². The molecule has 0 unspecified atom stereocenters. The normalized spacial score (nSPS) is 13.4. The Bertz CT molecular complexity index is 7580. The Morgan fingerprint density at radius 2 is 0.433 bits per heavy atom. The molecule has 0 saturated heterocycles. The first-order valence-corrected chi connectivity index (χ1v) is 45.7. The molecule has 6 heterocycles. The Labute approximate surface area is 779 Å². The fourth-order valence-electron chi connectivity index (χ4n) is 21.2. The topological polar surface area (TPSA) is 72.9 Å². The van der Waals surface area contributed by atoms with Gasteiger partial charge in [-0.2, -0.15) is 0 Å². The minimum atomic E-state index is -0.711. The first-order chi connectivity index (χ1) is 66.3. The van der Waals surface area contributed by atoms with E-state index in [1.54, 1.807) is 0 Å². The molecule has 0 bridgehead atoms. The molecule has 3 aromatic heterocycles. The molecule has 0 atom stereocenters. The minimum absolute atomic E-state index is 0.297. The van der Waals surface area contributed by atoms with Gasteiger partial charge in [0.05, 0.1) is 55.7 Å². The van der Waals surface area contributed by atoms with Gasteiger partial charge in [-0.1, -0.05) is 328 Å². The summed E-state index contributed by atoms with van der Waals surface area (Å²) in [6.45, 7) is 4.58. The third-order valence-corrected chi connectivity index (χ3v) is 26.8. The highest BCUT2D eigenvalue weighted by atomic mass is 15.4. The molecule has 19 aromatic carbocycles. The SMILES string of the molecule is CC1(C)c2ccc(N(c3ccccc3)c3ccccc3)cc2N(c2ccccc2)c2nc3ccccc3n21.c1ccc(N(c2ccccc2)c2ccc3c(c2)N(c2ccccc2)c2nc4ccccc4n2C3(c2ccccc2)c2ccccc2)cc1.c1ccc(N(c2ccccc2)c2ccc3c(c2)N(c2ccccc2)c2nc4ccccc4n2C32c3ccccc3-c3ccccc32)cc1. The van der Waals surface area contributed by atoms with E-state index in [-0.39, 0.29) is 5.54 Å². The lowest BCUT2D eigenvalue weighted by Crippen LogP contribution is -2.43. The van der Waals surface area contributed by atoms with Crippen molar-refractivity contribution in [3.05, 3.63) is 549 Å². The van der Waals surface area contributed by atoms with Gasteiger partial charge in [-0.05, 0) is 229 Å². The van der Waals surface area contributed by atoms with Crippen LogP contribution in [0.5, 0.6) is 0 Å². The molecule has 12 heteroatoms. The third-order valence-electron chi connectivity index (χ3n) is 26.8. The van der Waals surface area contributed by atoms with E-state index in [1.165, 1.54) is 50.1 Å². The van der Waals surface area contributed by atoms with Crippen LogP contribution in [0.4, 0.5) is 103 Å². The number of hydrogen-bond donors (Lipinski definition) is 0. The third kappa shape index (κ3) is 13.0. The number of fused-ring (bicyclic) bond motifs is 19. The first-order valence-electron chi connectivity index (χ1n) is 45.7. The largest absolute Gasteiger partial charge is 0.310 e. The first kappa shape index (κ1) is 79.8. The van der Waals surface area contributed by atoms with E-state index in [0.717, 1.165) is 136 Å². The Hall–Kier alpha value is -17.6. The molecule has 26 rings (SSSR count). The molecular formula is C122H90N12. The predicted octanol–water partition coefficient (Wildman–Crippen LogP) is 31.3. The van der Waals surface area contributed by atoms with Crippen molar-refractivity contribution in [1.82, 2.24) is 28.7 Å². The van der Waals surface area contributed by atoms with Crippen molar-refractivity contribution in [2.24, 2.45) is 0 Å². The van der Waals surface area contributed by atoms with Gasteiger partial charge in [-0.25, -0.2) is 15.0 Å². The van der Waals surface area contributed by atoms with Gasteiger partial charge in [-0.15, -0.1) is 0 Å². The van der Waals surface area contributed by atoms with E-state index >= 15 is 0 Å². The fraction of sp³-hybridized carbons (Fsp3) is 0.0410. The number of aromatic nitrogens is 6. The zero-order valence-electron chi connectivity index (χ0n) is 73.9. The molecule has 1 aliphatic carbocycles. The van der Waals surface area contributed by atoms with Gasteiger partial charge in [-0.3, -0.25) is 28.4 Å². The van der Waals surface area contributed by atoms with Crippen molar-refractivity contribution in [2.75, 3.05) is 29.4 Å². The molecule has 0 fully saturated rings. The lowest BCUT2D eigenvalue weighted by atomic mass is 9.74. The van der Waals surface area contributed by atoms with E-state index < -0.39 is 11.1 Å². The van der Waals surface area contributed by atoms with Crippen LogP contribution >= 0.6 is 0 Å². The molecule has 0 saturated carbocycles. The summed E-state index contributed by atoms with van der Waals surface area (Å²) in [6, 6.07) is 181. The summed E-state index contributed by atoms with van der Waals surface area (Å²) >= 11 is 0. The van der Waals surface area contributed by atoms with E-state index in [9.17, 15) is 0 Å². The van der Waals surface area contributed by atoms with Crippen molar-refractivity contribution in [3.63, 3.8) is 0 Å². The monoisotopic (exact) mass is 1720 g/mol. The zero-order chi connectivity index (χ0) is 89.3. The van der Waals surface area contributed by atoms with Crippen molar-refractivity contribution < 1.29 is 0 Å². The highest BCUT2D eigenvalue weighted by Gasteiger charge is 2.54. The summed E-state index contributed by atoms with van der Waals surface area (Å²) < 4.78 is 7.33. The van der Waals surface area contributed by atoms with Crippen molar-refractivity contribution in [1.29, 1.82) is 0 Å². The van der Waals surface area contributed by atoms with Gasteiger partial charge >= 0.3 is 0 Å². The van der Waals surface area contributed by atoms with Gasteiger partial charge in [0.2, 0.25) is 17.8 Å². The maximum atomic E-state index is 5.44. The number of anilines is 18. The van der Waals surface area contributed by atoms with Crippen LogP contribution in [0.2, 0.25) is 0 Å². The standard InChI is InChI=1S/C44H30N4.C44H32N4.C34H28N4/c1-4-16-31(17-5-1)46(32-18-6-2-7-19-32)34-28-29-39-42(30-34)47(33-20-8-3-9-21-33)43-45-40-26-14-15-27-41(40)48(43)44(39)37-24-12-10-22-35(37)36-23-11-13-25-38(36)44;1-6-18-33(19-7-1)44(34-20-8-2-9-21-34)39-31-30-38(46(35-22-10-3-11-23-35)36-24-12-4-13-25-36)32-42(39)47(37-26-14-5-15-27-37)43-45-40-28-16-17-29-41(40)48(43)44;1-34(2)29-23-22-28(36(25-14-6-3-7-15-25)26-16-8-4-9-17-26)24-32(29)37(27-18-10-5-11-19-27)33-35-30-20-12-13-21-31(30)38(33)34/h1-30H;1-32H;3-24H,1-2H3. The van der Waals surface area contributed by atoms with Crippen molar-refractivity contribution >= 4 is 136 Å². The van der Waals surface area contributed by atoms with E-state index in [1.807, 2.05) is 0 Å². The Morgan fingerprint density at radius 1 is 0.194 bits per heavy atom. The number of benzene rings is 19. The van der Waals surface area contributed by atoms with E-state index in [0.29, 0.717) is 0 Å². The predicted molar refractivity (Wildman–Crippen MR) is 551 cm³/mol. The molecular weight excluding hydrogens is 1630 g/mol. The second kappa shape index (κ2) is 33.2. The Kier molecular flexibility index (Phi) is 19.7. The quantitative estimate of drug-likeness (QED) is 0.106. The maximum absolute atomic E-state index is 5.44. The summed E-state index contributed by atoms with van der Waals surface area (Å²) in [4.78, 5) is 30.0. The molecule has 0 N–H and O–H groups in total. The molecule has 12 nitrogen and oxygen atoms in total. The number of nitrogens with zero attached hydrogens (tertiary/aromatic N) is 12. The minimum Gasteiger partial charge on any atom is -0.310 e. The average Bonchev–Trinajstić information content (AvgIpc) is 1.49. The van der Waals surface area contributed by atoms with Gasteiger partial charge in [0, 0.05) is 84.9 Å². The summed E-state index contributed by atoms with van der Waals surface area (Å²) in [6.07, 6.45) is 0. The number of imidazole rings is 3. The summed E-state index contributed by atoms with van der Waals surface area (Å²) in [5, 5.41) is 0. The molecule has 1 spiro atoms. The van der Waals surface area contributed by atoms with Gasteiger partial charge in [0.1, 0.15) is 11.1 Å². The summed E-state index contributed by atoms with van der Waals surface area (Å²) in [7, 11) is 0. The molecule has 0 amide bonds. The van der Waals surface area contributed by atoms with Crippen LogP contribution in [0.3, 0.4) is 0 Å². The second-order valence-electron chi connectivity index (χ2n) is 34.6. The Morgan fingerprint density at radius 3 is 0.761 bits per heavy atom. The van der Waals surface area contributed by atoms with Crippen LogP contribution < -0.4 is 29.4 Å². The number of hydrogen-bond acceptors (Lipinski definition) is 9. The fourth-order valence-corrected chi connectivity index (χ4v) is 21.2. The molecule has 3 aliphatic heterocycles. The molecule has 22 aromatic rings. The van der Waals surface area contributed by atoms with Gasteiger partial charge in [0.25, 0.3) is 0 Å². The molecule has 638 valence electrons. The zero-order valence-corrected chi connectivity index (χ0v) is 73.9. The number of rotatable bonds is 14. The summed E-state index contributed by atoms with van der Waals surface area (Å²) in [5.41, 5.74) is 32.0. The van der Waals surface area contributed by atoms with Crippen molar-refractivity contribution in [3.8, 4) is 11.1 Å². The van der Waals surface area contributed by atoms with Crippen LogP contribution in [-0.4, -0.2) is 28.7 Å². The molecule has 4 aliphatic rings. The van der Waals surface area contributed by atoms with Crippen LogP contribution in [0.25, 0.3) is 44.2 Å². The smallest absolute Gasteiger partial charge is 0.217 e. The highest BCUT2D eigenvalue weighted by Crippen LogP contribution is 2.63. The van der Waals surface area contributed by atoms with Crippen LogP contribution in [0.15, 0.2) is 510 Å². The lowest BCUT2D eigenvalue weighted by molar-refractivity contribution is 0.442. The molecule has 0 radical (unpaired) electrons. The second-order valence-corrected chi connectivity index (χ2v) is 34.6. The van der Waals surface area contributed by atoms with E-state index in [2.05, 4.69) is 567 Å². The van der Waals surface area contributed by atoms with Crippen LogP contribution in [0.1, 0.15) is 52.8 Å². The van der Waals surface area contributed by atoms with Gasteiger partial charge < -0.3 is 14.7 Å². The summed E-state index contributed by atoms with van der Waals surface area (Å²) in [5.74, 6) is 2.69. The molecule has 134 heavy (non-hydrogen) atoms. The maximum Gasteiger partial charge on any atom is 0.217 e. The highest BCUT2D eigenvalue weighted by molar-refractivity contribution is 5.98. The van der Waals surface area contributed by atoms with Crippen LogP contribution in [0, 0.1) is 0 Å². The van der Waals surface area contributed by atoms with Gasteiger partial charge in [0.15, 0.2) is 0 Å². The average molecular weight is 1720 g/mol. The van der Waals surface area contributed by atoms with Crippen LogP contribution in [-0.2, 0) is 16.6 Å². The Balaban J connectivity index is 0.000000111.